The summed E-state index contributed by atoms with van der Waals surface area (Å²) in [5.41, 5.74) is 4.01. The fraction of sp³-hybridized carbons (Fsp3) is 0.292. The molecule has 6 heteroatoms. The smallest absolute Gasteiger partial charge is 0.244 e. The molecule has 2 aromatic rings. The van der Waals surface area contributed by atoms with Crippen LogP contribution in [-0.2, 0) is 20.8 Å². The normalized spacial score (nSPS) is 22.3. The number of anilines is 3. The molecule has 1 saturated heterocycles. The number of carbonyl (C=O) groups excluding carboxylic acids is 3. The van der Waals surface area contributed by atoms with Crippen LogP contribution in [0.1, 0.15) is 18.4 Å². The molecule has 152 valence electrons. The maximum atomic E-state index is 12.8. The van der Waals surface area contributed by atoms with Gasteiger partial charge in [0.05, 0.1) is 23.2 Å². The summed E-state index contributed by atoms with van der Waals surface area (Å²) in [7, 11) is 0. The number of hydrogen-bond donors (Lipinski definition) is 1. The van der Waals surface area contributed by atoms with E-state index in [1.165, 1.54) is 5.56 Å². The van der Waals surface area contributed by atoms with Crippen molar-refractivity contribution < 1.29 is 14.4 Å². The highest BCUT2D eigenvalue weighted by Crippen LogP contribution is 2.38. The minimum Gasteiger partial charge on any atom is -0.339 e. The molecule has 2 heterocycles. The zero-order valence-electron chi connectivity index (χ0n) is 16.6. The van der Waals surface area contributed by atoms with E-state index in [0.29, 0.717) is 18.5 Å². The van der Waals surface area contributed by atoms with Crippen molar-refractivity contribution in [3.05, 3.63) is 66.2 Å². The molecule has 1 fully saturated rings. The fourth-order valence-corrected chi connectivity index (χ4v) is 4.76. The Hall–Kier alpha value is -3.41. The van der Waals surface area contributed by atoms with E-state index >= 15 is 0 Å². The molecule has 0 saturated carbocycles. The van der Waals surface area contributed by atoms with Gasteiger partial charge in [-0.05, 0) is 43.0 Å². The summed E-state index contributed by atoms with van der Waals surface area (Å²) in [6, 6.07) is 15.9. The summed E-state index contributed by atoms with van der Waals surface area (Å²) >= 11 is 0. The number of likely N-dealkylation sites (tertiary alicyclic amines) is 1. The molecule has 30 heavy (non-hydrogen) atoms. The highest BCUT2D eigenvalue weighted by molar-refractivity contribution is 6.09. The van der Waals surface area contributed by atoms with Gasteiger partial charge in [-0.3, -0.25) is 19.3 Å². The molecule has 0 aromatic heterocycles. The van der Waals surface area contributed by atoms with Gasteiger partial charge in [-0.15, -0.1) is 0 Å². The number of nitrogens with one attached hydrogen (secondary N) is 1. The standard InChI is InChI=1S/C24H23N3O3/c28-22(15-27-23(29)17-8-2-3-9-18(17)24(27)30)25-19-10-4-6-12-21(19)26-14-13-16-7-1-5-11-20(16)26/h1-7,10-12,17-18H,8-9,13-15H2,(H,25,28)/t17-,18-/m1/s1. The third-order valence-corrected chi connectivity index (χ3v) is 6.26. The highest BCUT2D eigenvalue weighted by atomic mass is 16.2. The van der Waals surface area contributed by atoms with Crippen molar-refractivity contribution >= 4 is 34.8 Å². The molecular formula is C24H23N3O3. The van der Waals surface area contributed by atoms with E-state index in [4.69, 9.17) is 0 Å². The molecular weight excluding hydrogens is 378 g/mol. The van der Waals surface area contributed by atoms with Crippen LogP contribution in [0.15, 0.2) is 60.7 Å². The van der Waals surface area contributed by atoms with E-state index in [0.717, 1.165) is 29.2 Å². The fourth-order valence-electron chi connectivity index (χ4n) is 4.76. The second kappa shape index (κ2) is 7.44. The Bertz CT molecular complexity index is 1040. The molecule has 5 rings (SSSR count). The molecule has 0 bridgehead atoms. The first-order valence-electron chi connectivity index (χ1n) is 10.4. The lowest BCUT2D eigenvalue weighted by molar-refractivity contribution is -0.142. The van der Waals surface area contributed by atoms with Crippen LogP contribution in [0.5, 0.6) is 0 Å². The summed E-state index contributed by atoms with van der Waals surface area (Å²) in [4.78, 5) is 41.4. The third-order valence-electron chi connectivity index (χ3n) is 6.26. The predicted octanol–water partition coefficient (Wildman–Crippen LogP) is 3.27. The monoisotopic (exact) mass is 401 g/mol. The number of carbonyl (C=O) groups is 3. The third kappa shape index (κ3) is 3.09. The lowest BCUT2D eigenvalue weighted by atomic mass is 9.85. The van der Waals surface area contributed by atoms with Crippen LogP contribution >= 0.6 is 0 Å². The molecule has 1 N–H and O–H groups in total. The molecule has 0 unspecified atom stereocenters. The maximum Gasteiger partial charge on any atom is 0.244 e. The van der Waals surface area contributed by atoms with Crippen LogP contribution in [0.25, 0.3) is 0 Å². The Morgan fingerprint density at radius 1 is 0.900 bits per heavy atom. The van der Waals surface area contributed by atoms with Crippen molar-refractivity contribution in [2.45, 2.75) is 19.3 Å². The molecule has 3 amide bonds. The van der Waals surface area contributed by atoms with Crippen LogP contribution in [-0.4, -0.2) is 35.7 Å². The van der Waals surface area contributed by atoms with Gasteiger partial charge in [-0.25, -0.2) is 0 Å². The SMILES string of the molecule is O=C(CN1C(=O)[C@@H]2CC=CC[C@H]2C1=O)Nc1ccccc1N1CCc2ccccc21. The second-order valence-electron chi connectivity index (χ2n) is 8.01. The number of rotatable bonds is 4. The Morgan fingerprint density at radius 3 is 2.27 bits per heavy atom. The zero-order valence-corrected chi connectivity index (χ0v) is 16.6. The van der Waals surface area contributed by atoms with Gasteiger partial charge in [0.2, 0.25) is 17.7 Å². The number of imide groups is 1. The van der Waals surface area contributed by atoms with Gasteiger partial charge in [-0.1, -0.05) is 42.5 Å². The molecule has 6 nitrogen and oxygen atoms in total. The highest BCUT2D eigenvalue weighted by Gasteiger charge is 2.47. The average molecular weight is 401 g/mol. The Morgan fingerprint density at radius 2 is 1.53 bits per heavy atom. The summed E-state index contributed by atoms with van der Waals surface area (Å²) in [5.74, 6) is -1.45. The molecule has 2 aliphatic heterocycles. The van der Waals surface area contributed by atoms with Crippen molar-refractivity contribution in [1.82, 2.24) is 4.90 Å². The van der Waals surface area contributed by atoms with Crippen molar-refractivity contribution in [1.29, 1.82) is 0 Å². The largest absolute Gasteiger partial charge is 0.339 e. The zero-order chi connectivity index (χ0) is 20.7. The number of allylic oxidation sites excluding steroid dienone is 2. The number of amides is 3. The molecule has 1 aliphatic carbocycles. The van der Waals surface area contributed by atoms with Gasteiger partial charge in [0, 0.05) is 12.2 Å². The van der Waals surface area contributed by atoms with Gasteiger partial charge < -0.3 is 10.2 Å². The van der Waals surface area contributed by atoms with E-state index in [9.17, 15) is 14.4 Å². The van der Waals surface area contributed by atoms with Crippen molar-refractivity contribution in [3.8, 4) is 0 Å². The number of nitrogens with zero attached hydrogens (tertiary/aromatic N) is 2. The van der Waals surface area contributed by atoms with Gasteiger partial charge in [0.15, 0.2) is 0 Å². The predicted molar refractivity (Wildman–Crippen MR) is 114 cm³/mol. The van der Waals surface area contributed by atoms with E-state index in [-0.39, 0.29) is 36.1 Å². The number of hydrogen-bond acceptors (Lipinski definition) is 4. The Labute approximate surface area is 175 Å². The molecule has 2 aromatic carbocycles. The number of para-hydroxylation sites is 3. The lowest BCUT2D eigenvalue weighted by Gasteiger charge is -2.23. The average Bonchev–Trinajstić information content (AvgIpc) is 3.30. The van der Waals surface area contributed by atoms with E-state index < -0.39 is 0 Å². The first-order valence-corrected chi connectivity index (χ1v) is 10.4. The number of fused-ring (bicyclic) bond motifs is 2. The maximum absolute atomic E-state index is 12.8. The van der Waals surface area contributed by atoms with E-state index in [1.54, 1.807) is 0 Å². The van der Waals surface area contributed by atoms with Crippen molar-refractivity contribution in [2.75, 3.05) is 23.3 Å². The first-order chi connectivity index (χ1) is 14.6. The molecule has 0 spiro atoms. The van der Waals surface area contributed by atoms with Crippen LogP contribution in [0, 0.1) is 11.8 Å². The van der Waals surface area contributed by atoms with Gasteiger partial charge in [0.25, 0.3) is 0 Å². The summed E-state index contributed by atoms with van der Waals surface area (Å²) in [6.45, 7) is 0.598. The summed E-state index contributed by atoms with van der Waals surface area (Å²) < 4.78 is 0. The van der Waals surface area contributed by atoms with Crippen LogP contribution < -0.4 is 10.2 Å². The molecule has 0 radical (unpaired) electrons. The van der Waals surface area contributed by atoms with Crippen LogP contribution in [0.3, 0.4) is 0 Å². The summed E-state index contributed by atoms with van der Waals surface area (Å²) in [5, 5.41) is 2.93. The Kier molecular flexibility index (Phi) is 4.62. The Balaban J connectivity index is 1.33. The minimum atomic E-state index is -0.358. The van der Waals surface area contributed by atoms with Gasteiger partial charge in [-0.2, -0.15) is 0 Å². The van der Waals surface area contributed by atoms with Crippen molar-refractivity contribution in [3.63, 3.8) is 0 Å². The molecule has 3 aliphatic rings. The summed E-state index contributed by atoms with van der Waals surface area (Å²) in [6.07, 6.45) is 5.99. The first kappa shape index (κ1) is 18.6. The quantitative estimate of drug-likeness (QED) is 0.631. The van der Waals surface area contributed by atoms with Gasteiger partial charge in [0.1, 0.15) is 6.54 Å². The minimum absolute atomic E-state index is 0.230. The van der Waals surface area contributed by atoms with Crippen molar-refractivity contribution in [2.24, 2.45) is 11.8 Å². The lowest BCUT2D eigenvalue weighted by Crippen LogP contribution is -2.38. The van der Waals surface area contributed by atoms with E-state index in [2.05, 4.69) is 22.3 Å². The van der Waals surface area contributed by atoms with Crippen LogP contribution in [0.2, 0.25) is 0 Å². The second-order valence-corrected chi connectivity index (χ2v) is 8.01. The molecule has 2 atom stereocenters. The topological polar surface area (TPSA) is 69.7 Å². The number of benzene rings is 2. The van der Waals surface area contributed by atoms with E-state index in [1.807, 2.05) is 48.6 Å². The van der Waals surface area contributed by atoms with Crippen LogP contribution in [0.4, 0.5) is 17.1 Å². The van der Waals surface area contributed by atoms with Gasteiger partial charge >= 0.3 is 0 Å².